The molecule has 4 rings (SSSR count). The molecular weight excluding hydrogens is 374 g/mol. The van der Waals surface area contributed by atoms with Crippen LogP contribution in [0.25, 0.3) is 0 Å². The van der Waals surface area contributed by atoms with Crippen LogP contribution in [0.2, 0.25) is 0 Å². The molecule has 1 N–H and O–H groups in total. The molecule has 1 aromatic heterocycles. The third-order valence-electron chi connectivity index (χ3n) is 5.52. The number of amides is 1. The highest BCUT2D eigenvalue weighted by molar-refractivity contribution is 5.81. The number of pyridine rings is 1. The lowest BCUT2D eigenvalue weighted by molar-refractivity contribution is -0.132. The molecule has 1 amide bonds. The molecule has 1 aliphatic heterocycles. The number of aromatic nitrogens is 1. The second-order valence-electron chi connectivity index (χ2n) is 7.93. The maximum Gasteiger partial charge on any atom is 0.270 e. The number of hydrogen-bond donors (Lipinski definition) is 1. The maximum absolute atomic E-state index is 13.5. The zero-order valence-electron chi connectivity index (χ0n) is 16.6. The van der Waals surface area contributed by atoms with Gasteiger partial charge < -0.3 is 15.1 Å². The molecule has 0 bridgehead atoms. The van der Waals surface area contributed by atoms with Crippen LogP contribution in [0.1, 0.15) is 30.9 Å². The third-order valence-corrected chi connectivity index (χ3v) is 5.52. The van der Waals surface area contributed by atoms with Crippen LogP contribution in [0.15, 0.2) is 42.6 Å². The Labute approximate surface area is 169 Å². The molecule has 1 aromatic carbocycles. The highest BCUT2D eigenvalue weighted by Gasteiger charge is 2.34. The predicted molar refractivity (Wildman–Crippen MR) is 109 cm³/mol. The summed E-state index contributed by atoms with van der Waals surface area (Å²) in [5, 5.41) is 3.23. The highest BCUT2D eigenvalue weighted by Crippen LogP contribution is 2.31. The van der Waals surface area contributed by atoms with E-state index in [-0.39, 0.29) is 11.5 Å². The lowest BCUT2D eigenvalue weighted by Crippen LogP contribution is -2.49. The highest BCUT2D eigenvalue weighted by atomic mass is 19.3. The number of piperazine rings is 1. The number of anilines is 2. The molecular formula is C22H26F2N4O. The second-order valence-corrected chi connectivity index (χ2v) is 7.93. The number of carbonyl (C=O) groups excluding carboxylic acids is 1. The van der Waals surface area contributed by atoms with E-state index in [4.69, 9.17) is 0 Å². The number of carbonyl (C=O) groups is 1. The third kappa shape index (κ3) is 4.83. The van der Waals surface area contributed by atoms with Crippen molar-refractivity contribution in [3.8, 4) is 0 Å². The van der Waals surface area contributed by atoms with Crippen LogP contribution in [-0.2, 0) is 17.3 Å². The van der Waals surface area contributed by atoms with Gasteiger partial charge in [0, 0.05) is 51.1 Å². The normalized spacial score (nSPS) is 17.3. The smallest absolute Gasteiger partial charge is 0.270 e. The van der Waals surface area contributed by atoms with Crippen molar-refractivity contribution < 1.29 is 13.6 Å². The van der Waals surface area contributed by atoms with E-state index >= 15 is 0 Å². The van der Waals surface area contributed by atoms with Gasteiger partial charge in [-0.3, -0.25) is 4.79 Å². The Balaban J connectivity index is 1.30. The van der Waals surface area contributed by atoms with Gasteiger partial charge in [-0.05, 0) is 36.6 Å². The summed E-state index contributed by atoms with van der Waals surface area (Å²) in [6.45, 7) is 4.42. The SMILES string of the molecule is CC(F)(F)c1cccc(CNc2ccc(N3CCN(C(=O)C4CC4)CC3)nc2)c1. The van der Waals surface area contributed by atoms with Crippen molar-refractivity contribution in [2.24, 2.45) is 5.92 Å². The number of nitrogens with one attached hydrogen (secondary N) is 1. The number of hydrogen-bond acceptors (Lipinski definition) is 4. The van der Waals surface area contributed by atoms with Gasteiger partial charge in [0.05, 0.1) is 11.9 Å². The van der Waals surface area contributed by atoms with Crippen LogP contribution in [-0.4, -0.2) is 42.0 Å². The van der Waals surface area contributed by atoms with E-state index in [9.17, 15) is 13.6 Å². The molecule has 2 aliphatic rings. The molecule has 154 valence electrons. The van der Waals surface area contributed by atoms with E-state index in [0.717, 1.165) is 63.0 Å². The van der Waals surface area contributed by atoms with E-state index < -0.39 is 5.92 Å². The molecule has 0 unspecified atom stereocenters. The monoisotopic (exact) mass is 400 g/mol. The Hall–Kier alpha value is -2.70. The molecule has 5 nitrogen and oxygen atoms in total. The minimum absolute atomic E-state index is 0.0181. The molecule has 29 heavy (non-hydrogen) atoms. The van der Waals surface area contributed by atoms with Gasteiger partial charge in [-0.25, -0.2) is 13.8 Å². The summed E-state index contributed by atoms with van der Waals surface area (Å²) in [6, 6.07) is 10.3. The molecule has 2 aromatic rings. The average Bonchev–Trinajstić information content (AvgIpc) is 3.57. The predicted octanol–water partition coefficient (Wildman–Crippen LogP) is 3.86. The average molecular weight is 400 g/mol. The molecule has 0 atom stereocenters. The van der Waals surface area contributed by atoms with Crippen LogP contribution < -0.4 is 10.2 Å². The van der Waals surface area contributed by atoms with E-state index in [0.29, 0.717) is 12.5 Å². The van der Waals surface area contributed by atoms with Gasteiger partial charge in [0.15, 0.2) is 0 Å². The van der Waals surface area contributed by atoms with Crippen molar-refractivity contribution in [1.82, 2.24) is 9.88 Å². The number of halogens is 2. The Morgan fingerprint density at radius 2 is 1.93 bits per heavy atom. The lowest BCUT2D eigenvalue weighted by Gasteiger charge is -2.35. The van der Waals surface area contributed by atoms with Gasteiger partial charge in [0.1, 0.15) is 5.82 Å². The van der Waals surface area contributed by atoms with Crippen molar-refractivity contribution >= 4 is 17.4 Å². The van der Waals surface area contributed by atoms with Gasteiger partial charge in [0.2, 0.25) is 5.91 Å². The first-order valence-corrected chi connectivity index (χ1v) is 10.1. The van der Waals surface area contributed by atoms with Crippen LogP contribution >= 0.6 is 0 Å². The zero-order valence-corrected chi connectivity index (χ0v) is 16.6. The minimum Gasteiger partial charge on any atom is -0.380 e. The van der Waals surface area contributed by atoms with Gasteiger partial charge in [0.25, 0.3) is 5.92 Å². The molecule has 2 fully saturated rings. The Kier molecular flexibility index (Phi) is 5.39. The van der Waals surface area contributed by atoms with Crippen LogP contribution in [0.5, 0.6) is 0 Å². The van der Waals surface area contributed by atoms with Crippen molar-refractivity contribution in [2.75, 3.05) is 36.4 Å². The topological polar surface area (TPSA) is 48.5 Å². The van der Waals surface area contributed by atoms with Crippen molar-refractivity contribution in [3.63, 3.8) is 0 Å². The summed E-state index contributed by atoms with van der Waals surface area (Å²) in [4.78, 5) is 20.8. The van der Waals surface area contributed by atoms with Gasteiger partial charge in [-0.1, -0.05) is 18.2 Å². The molecule has 1 saturated carbocycles. The standard InChI is InChI=1S/C22H26F2N4O/c1-22(23,24)18-4-2-3-16(13-18)14-25-19-7-8-20(26-15-19)27-9-11-28(12-10-27)21(29)17-5-6-17/h2-4,7-8,13,15,17,25H,5-6,9-12,14H2,1H3. The fourth-order valence-electron chi connectivity index (χ4n) is 3.58. The quantitative estimate of drug-likeness (QED) is 0.800. The van der Waals surface area contributed by atoms with Gasteiger partial charge in [-0.15, -0.1) is 0 Å². The minimum atomic E-state index is -2.84. The Morgan fingerprint density at radius 3 is 2.55 bits per heavy atom. The maximum atomic E-state index is 13.5. The van der Waals surface area contributed by atoms with Crippen molar-refractivity contribution in [1.29, 1.82) is 0 Å². The first-order valence-electron chi connectivity index (χ1n) is 10.1. The first-order chi connectivity index (χ1) is 13.9. The largest absolute Gasteiger partial charge is 0.380 e. The summed E-state index contributed by atoms with van der Waals surface area (Å²) >= 11 is 0. The summed E-state index contributed by atoms with van der Waals surface area (Å²) < 4.78 is 26.9. The van der Waals surface area contributed by atoms with Crippen molar-refractivity contribution in [3.05, 3.63) is 53.7 Å². The summed E-state index contributed by atoms with van der Waals surface area (Å²) in [5.41, 5.74) is 1.65. The number of alkyl halides is 2. The van der Waals surface area contributed by atoms with Gasteiger partial charge in [-0.2, -0.15) is 0 Å². The number of rotatable bonds is 6. The molecule has 1 aliphatic carbocycles. The lowest BCUT2D eigenvalue weighted by atomic mass is 10.1. The second kappa shape index (κ2) is 7.97. The molecule has 7 heteroatoms. The summed E-state index contributed by atoms with van der Waals surface area (Å²) in [5.74, 6) is -1.37. The number of benzene rings is 1. The van der Waals surface area contributed by atoms with E-state index in [2.05, 4.69) is 15.2 Å². The molecule has 2 heterocycles. The summed E-state index contributed by atoms with van der Waals surface area (Å²) in [7, 11) is 0. The number of nitrogens with zero attached hydrogens (tertiary/aromatic N) is 3. The van der Waals surface area contributed by atoms with Crippen LogP contribution in [0.3, 0.4) is 0 Å². The fourth-order valence-corrected chi connectivity index (χ4v) is 3.58. The van der Waals surface area contributed by atoms with Crippen molar-refractivity contribution in [2.45, 2.75) is 32.2 Å². The zero-order chi connectivity index (χ0) is 20.4. The fraction of sp³-hybridized carbons (Fsp3) is 0.455. The van der Waals surface area contributed by atoms with E-state index in [1.54, 1.807) is 12.3 Å². The van der Waals surface area contributed by atoms with Crippen LogP contribution in [0, 0.1) is 5.92 Å². The van der Waals surface area contributed by atoms with E-state index in [1.807, 2.05) is 23.1 Å². The molecule has 0 radical (unpaired) electrons. The first kappa shape index (κ1) is 19.6. The molecule has 1 saturated heterocycles. The van der Waals surface area contributed by atoms with Gasteiger partial charge >= 0.3 is 0 Å². The summed E-state index contributed by atoms with van der Waals surface area (Å²) in [6.07, 6.45) is 3.84. The Morgan fingerprint density at radius 1 is 1.17 bits per heavy atom. The van der Waals surface area contributed by atoms with Crippen LogP contribution in [0.4, 0.5) is 20.3 Å². The molecule has 0 spiro atoms. The Bertz CT molecular complexity index is 854. The van der Waals surface area contributed by atoms with E-state index in [1.165, 1.54) is 12.1 Å².